The van der Waals surface area contributed by atoms with E-state index >= 15 is 0 Å². The summed E-state index contributed by atoms with van der Waals surface area (Å²) in [5.74, 6) is 1.69. The lowest BCUT2D eigenvalue weighted by molar-refractivity contribution is 0.102. The average Bonchev–Trinajstić information content (AvgIpc) is 3.14. The first-order chi connectivity index (χ1) is 11.9. The highest BCUT2D eigenvalue weighted by molar-refractivity contribution is 8.00. The summed E-state index contributed by atoms with van der Waals surface area (Å²) in [6, 6.07) is 7.20. The summed E-state index contributed by atoms with van der Waals surface area (Å²) in [5.41, 5.74) is 1.53. The molecule has 0 radical (unpaired) electrons. The Bertz CT molecular complexity index is 924. The highest BCUT2D eigenvalue weighted by Crippen LogP contribution is 2.30. The van der Waals surface area contributed by atoms with E-state index in [1.54, 1.807) is 26.0 Å². The number of nitrogens with one attached hydrogen (secondary N) is 1. The standard InChI is InChI=1S/C16H13Cl2N3O2S2/c1-8-5-11(9(2)23-8)14(22)19-15-20-21-16(25-15)24-7-10-3-4-12(17)13(18)6-10/h3-6H,7H2,1-2H3,(H,19,20,22). The van der Waals surface area contributed by atoms with Crippen LogP contribution >= 0.6 is 46.3 Å². The van der Waals surface area contributed by atoms with E-state index in [2.05, 4.69) is 15.5 Å². The van der Waals surface area contributed by atoms with Gasteiger partial charge >= 0.3 is 0 Å². The zero-order valence-electron chi connectivity index (χ0n) is 13.3. The van der Waals surface area contributed by atoms with Crippen molar-refractivity contribution in [3.05, 3.63) is 57.0 Å². The second kappa shape index (κ2) is 7.78. The maximum atomic E-state index is 12.2. The van der Waals surface area contributed by atoms with Crippen LogP contribution in [0.1, 0.15) is 27.4 Å². The second-order valence-corrected chi connectivity index (χ2v) is 8.21. The van der Waals surface area contributed by atoms with Crippen LogP contribution in [0.2, 0.25) is 10.0 Å². The van der Waals surface area contributed by atoms with E-state index in [1.807, 2.05) is 12.1 Å². The maximum absolute atomic E-state index is 12.2. The van der Waals surface area contributed by atoms with Crippen LogP contribution in [0.4, 0.5) is 5.13 Å². The van der Waals surface area contributed by atoms with Gasteiger partial charge in [0.2, 0.25) is 5.13 Å². The molecular formula is C16H13Cl2N3O2S2. The highest BCUT2D eigenvalue weighted by atomic mass is 35.5. The van der Waals surface area contributed by atoms with Crippen molar-refractivity contribution in [2.75, 3.05) is 5.32 Å². The molecule has 9 heteroatoms. The van der Waals surface area contributed by atoms with Crippen molar-refractivity contribution in [3.63, 3.8) is 0 Å². The Hall–Kier alpha value is -1.54. The summed E-state index contributed by atoms with van der Waals surface area (Å²) in [5, 5.41) is 12.3. The maximum Gasteiger partial charge on any atom is 0.261 e. The SMILES string of the molecule is Cc1cc(C(=O)Nc2nnc(SCc3ccc(Cl)c(Cl)c3)s2)c(C)o1. The zero-order chi connectivity index (χ0) is 18.0. The van der Waals surface area contributed by atoms with Crippen molar-refractivity contribution in [3.8, 4) is 0 Å². The van der Waals surface area contributed by atoms with Crippen LogP contribution in [0.3, 0.4) is 0 Å². The van der Waals surface area contributed by atoms with Crippen molar-refractivity contribution < 1.29 is 9.21 Å². The third kappa shape index (κ3) is 4.55. The van der Waals surface area contributed by atoms with Crippen molar-refractivity contribution >= 4 is 57.3 Å². The van der Waals surface area contributed by atoms with Crippen LogP contribution in [-0.4, -0.2) is 16.1 Å². The number of rotatable bonds is 5. The van der Waals surface area contributed by atoms with Crippen LogP contribution in [0, 0.1) is 13.8 Å². The number of carbonyl (C=O) groups excluding carboxylic acids is 1. The third-order valence-electron chi connectivity index (χ3n) is 3.26. The Labute approximate surface area is 162 Å². The van der Waals surface area contributed by atoms with Crippen LogP contribution < -0.4 is 5.32 Å². The van der Waals surface area contributed by atoms with E-state index in [0.29, 0.717) is 38.0 Å². The van der Waals surface area contributed by atoms with Gasteiger partial charge in [-0.25, -0.2) is 0 Å². The first kappa shape index (κ1) is 18.3. The molecule has 1 N–H and O–H groups in total. The van der Waals surface area contributed by atoms with E-state index in [1.165, 1.54) is 23.1 Å². The predicted molar refractivity (Wildman–Crippen MR) is 102 cm³/mol. The first-order valence-electron chi connectivity index (χ1n) is 7.21. The molecule has 0 spiro atoms. The molecule has 0 saturated heterocycles. The molecule has 1 amide bonds. The number of hydrogen-bond donors (Lipinski definition) is 1. The minimum atomic E-state index is -0.258. The fourth-order valence-electron chi connectivity index (χ4n) is 2.11. The molecule has 2 aromatic heterocycles. The minimum Gasteiger partial charge on any atom is -0.466 e. The zero-order valence-corrected chi connectivity index (χ0v) is 16.4. The number of furan rings is 1. The summed E-state index contributed by atoms with van der Waals surface area (Å²) >= 11 is 14.7. The molecule has 1 aromatic carbocycles. The summed E-state index contributed by atoms with van der Waals surface area (Å²) in [6.45, 7) is 3.55. The molecule has 5 nitrogen and oxygen atoms in total. The van der Waals surface area contributed by atoms with E-state index in [0.717, 1.165) is 9.90 Å². The molecule has 0 fully saturated rings. The van der Waals surface area contributed by atoms with Gasteiger partial charge < -0.3 is 4.42 Å². The Kier molecular flexibility index (Phi) is 5.68. The Morgan fingerprint density at radius 3 is 2.72 bits per heavy atom. The fraction of sp³-hybridized carbons (Fsp3) is 0.188. The smallest absolute Gasteiger partial charge is 0.261 e. The molecule has 0 aliphatic carbocycles. The Balaban J connectivity index is 1.61. The van der Waals surface area contributed by atoms with Gasteiger partial charge in [-0.15, -0.1) is 10.2 Å². The van der Waals surface area contributed by atoms with Gasteiger partial charge in [0.1, 0.15) is 11.5 Å². The number of hydrogen-bond acceptors (Lipinski definition) is 6. The van der Waals surface area contributed by atoms with Crippen LogP contribution in [0.15, 0.2) is 33.0 Å². The number of aromatic nitrogens is 2. The fourth-order valence-corrected chi connectivity index (χ4v) is 4.12. The lowest BCUT2D eigenvalue weighted by Gasteiger charge is -2.01. The van der Waals surface area contributed by atoms with Crippen LogP contribution in [0.25, 0.3) is 0 Å². The first-order valence-corrected chi connectivity index (χ1v) is 9.77. The van der Waals surface area contributed by atoms with Crippen LogP contribution in [-0.2, 0) is 5.75 Å². The lowest BCUT2D eigenvalue weighted by atomic mass is 10.2. The molecule has 3 rings (SSSR count). The summed E-state index contributed by atoms with van der Waals surface area (Å²) in [6.07, 6.45) is 0. The number of amides is 1. The summed E-state index contributed by atoms with van der Waals surface area (Å²) in [4.78, 5) is 12.2. The largest absolute Gasteiger partial charge is 0.466 e. The summed E-state index contributed by atoms with van der Waals surface area (Å²) in [7, 11) is 0. The number of aryl methyl sites for hydroxylation is 2. The topological polar surface area (TPSA) is 68.0 Å². The van der Waals surface area contributed by atoms with Crippen molar-refractivity contribution in [1.82, 2.24) is 10.2 Å². The molecule has 0 bridgehead atoms. The molecule has 0 atom stereocenters. The predicted octanol–water partition coefficient (Wildman–Crippen LogP) is 5.60. The second-order valence-electron chi connectivity index (χ2n) is 5.19. The quantitative estimate of drug-likeness (QED) is 0.435. The Morgan fingerprint density at radius 1 is 1.24 bits per heavy atom. The van der Waals surface area contributed by atoms with Gasteiger partial charge in [-0.3, -0.25) is 10.1 Å². The summed E-state index contributed by atoms with van der Waals surface area (Å²) < 4.78 is 6.12. The van der Waals surface area contributed by atoms with Gasteiger partial charge in [0.25, 0.3) is 5.91 Å². The molecule has 130 valence electrons. The van der Waals surface area contributed by atoms with Gasteiger partial charge in [-0.05, 0) is 37.6 Å². The Morgan fingerprint density at radius 2 is 2.04 bits per heavy atom. The molecule has 25 heavy (non-hydrogen) atoms. The molecule has 0 unspecified atom stereocenters. The highest BCUT2D eigenvalue weighted by Gasteiger charge is 2.16. The normalized spacial score (nSPS) is 10.9. The van der Waals surface area contributed by atoms with Gasteiger partial charge in [-0.2, -0.15) is 0 Å². The van der Waals surface area contributed by atoms with Crippen molar-refractivity contribution in [1.29, 1.82) is 0 Å². The van der Waals surface area contributed by atoms with Gasteiger partial charge in [0.15, 0.2) is 4.34 Å². The monoisotopic (exact) mass is 413 g/mol. The van der Waals surface area contributed by atoms with Crippen LogP contribution in [0.5, 0.6) is 0 Å². The van der Waals surface area contributed by atoms with E-state index in [4.69, 9.17) is 27.6 Å². The minimum absolute atomic E-state index is 0.258. The molecule has 0 aliphatic rings. The third-order valence-corrected chi connectivity index (χ3v) is 6.04. The number of nitrogens with zero attached hydrogens (tertiary/aromatic N) is 2. The van der Waals surface area contributed by atoms with Crippen molar-refractivity contribution in [2.24, 2.45) is 0 Å². The van der Waals surface area contributed by atoms with Gasteiger partial charge in [0, 0.05) is 5.75 Å². The molecule has 3 aromatic rings. The average molecular weight is 414 g/mol. The van der Waals surface area contributed by atoms with Crippen molar-refractivity contribution in [2.45, 2.75) is 23.9 Å². The molecule has 0 aliphatic heterocycles. The number of benzene rings is 1. The van der Waals surface area contributed by atoms with Gasteiger partial charge in [-0.1, -0.05) is 52.4 Å². The number of carbonyl (C=O) groups is 1. The van der Waals surface area contributed by atoms with E-state index in [9.17, 15) is 4.79 Å². The number of anilines is 1. The lowest BCUT2D eigenvalue weighted by Crippen LogP contribution is -2.11. The molecule has 0 saturated carbocycles. The number of thioether (sulfide) groups is 1. The van der Waals surface area contributed by atoms with E-state index < -0.39 is 0 Å². The van der Waals surface area contributed by atoms with E-state index in [-0.39, 0.29) is 5.91 Å². The van der Waals surface area contributed by atoms with Gasteiger partial charge in [0.05, 0.1) is 15.6 Å². The molecule has 2 heterocycles. The number of halogens is 2. The molecular weight excluding hydrogens is 401 g/mol.